The van der Waals surface area contributed by atoms with Gasteiger partial charge in [0.05, 0.1) is 5.69 Å². The zero-order chi connectivity index (χ0) is 19.4. The second-order valence-electron chi connectivity index (χ2n) is 5.55. The standard InChI is InChI=1S/C17H15ClN4O4S/c18-16-14(4-2-7-20-16)15-9-12(5-8-21-17(23)24)11-22(15)27(25,26)13-3-1-6-19-10-13/h1-4,6-7,9-11,21H,5,8H2,(H,23,24). The Kier molecular flexibility index (Phi) is 5.43. The van der Waals surface area contributed by atoms with Crippen LogP contribution in [-0.2, 0) is 16.4 Å². The molecule has 1 amide bonds. The van der Waals surface area contributed by atoms with Gasteiger partial charge in [0.25, 0.3) is 10.0 Å². The van der Waals surface area contributed by atoms with Crippen LogP contribution in [0.3, 0.4) is 0 Å². The van der Waals surface area contributed by atoms with Crippen molar-refractivity contribution in [1.82, 2.24) is 19.3 Å². The van der Waals surface area contributed by atoms with Crippen LogP contribution >= 0.6 is 11.6 Å². The van der Waals surface area contributed by atoms with E-state index < -0.39 is 16.1 Å². The average molecular weight is 407 g/mol. The summed E-state index contributed by atoms with van der Waals surface area (Å²) in [4.78, 5) is 18.5. The molecule has 10 heteroatoms. The van der Waals surface area contributed by atoms with E-state index in [4.69, 9.17) is 16.7 Å². The predicted octanol–water partition coefficient (Wildman–Crippen LogP) is 2.65. The molecule has 0 saturated heterocycles. The summed E-state index contributed by atoms with van der Waals surface area (Å²) in [5.74, 6) is 0. The summed E-state index contributed by atoms with van der Waals surface area (Å²) in [6, 6.07) is 7.95. The quantitative estimate of drug-likeness (QED) is 0.608. The normalized spacial score (nSPS) is 11.3. The molecule has 0 spiro atoms. The van der Waals surface area contributed by atoms with Crippen molar-refractivity contribution in [2.75, 3.05) is 6.54 Å². The van der Waals surface area contributed by atoms with Crippen molar-refractivity contribution in [1.29, 1.82) is 0 Å². The zero-order valence-corrected chi connectivity index (χ0v) is 15.5. The van der Waals surface area contributed by atoms with Gasteiger partial charge in [0.15, 0.2) is 0 Å². The molecule has 0 radical (unpaired) electrons. The maximum absolute atomic E-state index is 13.1. The molecule has 3 heterocycles. The lowest BCUT2D eigenvalue weighted by Crippen LogP contribution is -2.23. The van der Waals surface area contributed by atoms with Gasteiger partial charge in [0, 0.05) is 36.9 Å². The van der Waals surface area contributed by atoms with Crippen molar-refractivity contribution >= 4 is 27.7 Å². The van der Waals surface area contributed by atoms with Gasteiger partial charge in [-0.15, -0.1) is 0 Å². The third-order valence-corrected chi connectivity index (χ3v) is 5.72. The summed E-state index contributed by atoms with van der Waals surface area (Å²) < 4.78 is 27.3. The van der Waals surface area contributed by atoms with Crippen LogP contribution in [0.1, 0.15) is 5.56 Å². The maximum Gasteiger partial charge on any atom is 0.404 e. The van der Waals surface area contributed by atoms with E-state index in [0.29, 0.717) is 23.2 Å². The predicted molar refractivity (Wildman–Crippen MR) is 99.2 cm³/mol. The minimum Gasteiger partial charge on any atom is -0.465 e. The fourth-order valence-corrected chi connectivity index (χ4v) is 4.10. The lowest BCUT2D eigenvalue weighted by atomic mass is 10.2. The van der Waals surface area contributed by atoms with Crippen molar-refractivity contribution < 1.29 is 18.3 Å². The van der Waals surface area contributed by atoms with Crippen LogP contribution in [0.25, 0.3) is 11.3 Å². The Morgan fingerprint density at radius 2 is 2.04 bits per heavy atom. The third kappa shape index (κ3) is 4.09. The monoisotopic (exact) mass is 406 g/mol. The molecule has 0 saturated carbocycles. The Balaban J connectivity index is 2.10. The van der Waals surface area contributed by atoms with E-state index in [1.165, 1.54) is 36.9 Å². The number of amides is 1. The van der Waals surface area contributed by atoms with E-state index in [1.807, 2.05) is 0 Å². The van der Waals surface area contributed by atoms with Gasteiger partial charge in [-0.1, -0.05) is 11.6 Å². The number of carboxylic acid groups (broad SMARTS) is 1. The number of pyridine rings is 2. The lowest BCUT2D eigenvalue weighted by molar-refractivity contribution is 0.194. The van der Waals surface area contributed by atoms with Gasteiger partial charge in [0.2, 0.25) is 0 Å². The Labute approximate surface area is 160 Å². The highest BCUT2D eigenvalue weighted by atomic mass is 35.5. The number of hydrogen-bond donors (Lipinski definition) is 2. The highest BCUT2D eigenvalue weighted by Crippen LogP contribution is 2.30. The molecule has 0 aliphatic carbocycles. The fraction of sp³-hybridized carbons (Fsp3) is 0.118. The van der Waals surface area contributed by atoms with Crippen LogP contribution in [0.5, 0.6) is 0 Å². The van der Waals surface area contributed by atoms with Crippen molar-refractivity contribution in [3.05, 3.63) is 65.8 Å². The second-order valence-corrected chi connectivity index (χ2v) is 7.72. The summed E-state index contributed by atoms with van der Waals surface area (Å²) in [6.07, 6.45) is 4.86. The SMILES string of the molecule is O=C(O)NCCc1cc(-c2cccnc2Cl)n(S(=O)(=O)c2cccnc2)c1. The van der Waals surface area contributed by atoms with Crippen LogP contribution in [0.2, 0.25) is 5.15 Å². The van der Waals surface area contributed by atoms with E-state index in [-0.39, 0.29) is 16.6 Å². The summed E-state index contributed by atoms with van der Waals surface area (Å²) in [6.45, 7) is 0.145. The molecule has 0 aromatic carbocycles. The van der Waals surface area contributed by atoms with E-state index in [2.05, 4.69) is 15.3 Å². The van der Waals surface area contributed by atoms with Gasteiger partial charge in [-0.25, -0.2) is 22.2 Å². The number of aromatic nitrogens is 3. The first-order chi connectivity index (χ1) is 12.9. The first-order valence-corrected chi connectivity index (χ1v) is 9.66. The molecule has 27 heavy (non-hydrogen) atoms. The van der Waals surface area contributed by atoms with Gasteiger partial charge >= 0.3 is 6.09 Å². The molecule has 0 fully saturated rings. The Morgan fingerprint density at radius 1 is 1.26 bits per heavy atom. The third-order valence-electron chi connectivity index (χ3n) is 3.76. The summed E-state index contributed by atoms with van der Waals surface area (Å²) >= 11 is 6.16. The van der Waals surface area contributed by atoms with Gasteiger partial charge < -0.3 is 10.4 Å². The minimum atomic E-state index is -3.92. The number of nitrogens with zero attached hydrogens (tertiary/aromatic N) is 3. The number of hydrogen-bond acceptors (Lipinski definition) is 5. The first kappa shape index (κ1) is 18.9. The van der Waals surface area contributed by atoms with Crippen molar-refractivity contribution in [2.45, 2.75) is 11.3 Å². The number of carbonyl (C=O) groups is 1. The highest BCUT2D eigenvalue weighted by Gasteiger charge is 2.23. The molecule has 0 aliphatic rings. The summed E-state index contributed by atoms with van der Waals surface area (Å²) in [5.41, 5.74) is 1.41. The number of nitrogens with one attached hydrogen (secondary N) is 1. The van der Waals surface area contributed by atoms with Gasteiger partial charge in [-0.2, -0.15) is 0 Å². The molecule has 8 nitrogen and oxygen atoms in total. The average Bonchev–Trinajstić information content (AvgIpc) is 3.07. The van der Waals surface area contributed by atoms with E-state index >= 15 is 0 Å². The molecule has 0 unspecified atom stereocenters. The Morgan fingerprint density at radius 3 is 2.70 bits per heavy atom. The Bertz CT molecular complexity index is 1070. The smallest absolute Gasteiger partial charge is 0.404 e. The molecule has 2 N–H and O–H groups in total. The van der Waals surface area contributed by atoms with E-state index in [9.17, 15) is 13.2 Å². The lowest BCUT2D eigenvalue weighted by Gasteiger charge is -2.11. The highest BCUT2D eigenvalue weighted by molar-refractivity contribution is 7.90. The molecular formula is C17H15ClN4O4S. The molecule has 3 aromatic rings. The molecular weight excluding hydrogens is 392 g/mol. The molecule has 140 valence electrons. The molecule has 0 aliphatic heterocycles. The number of rotatable bonds is 6. The summed E-state index contributed by atoms with van der Waals surface area (Å²) in [5, 5.41) is 11.1. The van der Waals surface area contributed by atoms with Crippen molar-refractivity contribution in [3.63, 3.8) is 0 Å². The van der Waals surface area contributed by atoms with Crippen LogP contribution in [-0.4, -0.2) is 40.1 Å². The van der Waals surface area contributed by atoms with Crippen LogP contribution in [0.4, 0.5) is 4.79 Å². The van der Waals surface area contributed by atoms with Gasteiger partial charge in [-0.3, -0.25) is 4.98 Å². The molecule has 0 atom stereocenters. The number of halogens is 1. The van der Waals surface area contributed by atoms with E-state index in [0.717, 1.165) is 3.97 Å². The Hall–Kier alpha value is -2.91. The van der Waals surface area contributed by atoms with Crippen molar-refractivity contribution in [2.24, 2.45) is 0 Å². The minimum absolute atomic E-state index is 0.0251. The van der Waals surface area contributed by atoms with E-state index in [1.54, 1.807) is 18.2 Å². The van der Waals surface area contributed by atoms with Gasteiger partial charge in [0.1, 0.15) is 10.0 Å². The van der Waals surface area contributed by atoms with Crippen molar-refractivity contribution in [3.8, 4) is 11.3 Å². The van der Waals surface area contributed by atoms with Crippen LogP contribution in [0, 0.1) is 0 Å². The fourth-order valence-electron chi connectivity index (χ4n) is 2.53. The van der Waals surface area contributed by atoms with Crippen LogP contribution in [0.15, 0.2) is 60.0 Å². The van der Waals surface area contributed by atoms with Gasteiger partial charge in [-0.05, 0) is 42.3 Å². The largest absolute Gasteiger partial charge is 0.465 e. The molecule has 3 rings (SSSR count). The maximum atomic E-state index is 13.1. The summed E-state index contributed by atoms with van der Waals surface area (Å²) in [7, 11) is -3.92. The second kappa shape index (κ2) is 7.77. The molecule has 0 bridgehead atoms. The zero-order valence-electron chi connectivity index (χ0n) is 13.9. The molecule has 3 aromatic heterocycles. The topological polar surface area (TPSA) is 114 Å². The first-order valence-electron chi connectivity index (χ1n) is 7.84. The van der Waals surface area contributed by atoms with Crippen LogP contribution < -0.4 is 5.32 Å².